The summed E-state index contributed by atoms with van der Waals surface area (Å²) in [4.78, 5) is 7.17. The van der Waals surface area contributed by atoms with Crippen molar-refractivity contribution >= 4 is 11.6 Å². The van der Waals surface area contributed by atoms with Crippen molar-refractivity contribution in [3.05, 3.63) is 41.2 Å². The lowest BCUT2D eigenvalue weighted by Gasteiger charge is -2.00. The number of hydrogen-bond acceptors (Lipinski definition) is 1. The fourth-order valence-corrected chi connectivity index (χ4v) is 1.34. The van der Waals surface area contributed by atoms with Crippen LogP contribution in [0.5, 0.6) is 0 Å². The van der Waals surface area contributed by atoms with E-state index in [1.54, 1.807) is 12.4 Å². The summed E-state index contributed by atoms with van der Waals surface area (Å²) in [5, 5.41) is 0.772. The molecule has 0 unspecified atom stereocenters. The molecule has 3 heteroatoms. The smallest absolute Gasteiger partial charge is 0.137 e. The number of aryl methyl sites for hydroxylation is 1. The van der Waals surface area contributed by atoms with Gasteiger partial charge in [-0.05, 0) is 18.6 Å². The van der Waals surface area contributed by atoms with Crippen molar-refractivity contribution in [3.8, 4) is 11.4 Å². The Hall–Kier alpha value is -1.28. The van der Waals surface area contributed by atoms with Crippen LogP contribution in [0.25, 0.3) is 11.4 Å². The molecule has 2 rings (SSSR count). The van der Waals surface area contributed by atoms with Crippen LogP contribution in [0.15, 0.2) is 30.6 Å². The number of nitrogens with zero attached hydrogens (tertiary/aromatic N) is 1. The van der Waals surface area contributed by atoms with E-state index in [4.69, 9.17) is 11.6 Å². The van der Waals surface area contributed by atoms with Gasteiger partial charge in [0.15, 0.2) is 0 Å². The van der Waals surface area contributed by atoms with Gasteiger partial charge in [-0.2, -0.15) is 0 Å². The fraction of sp³-hybridized carbons (Fsp3) is 0.100. The van der Waals surface area contributed by atoms with Crippen LogP contribution in [0.4, 0.5) is 0 Å². The van der Waals surface area contributed by atoms with Gasteiger partial charge in [0.25, 0.3) is 0 Å². The van der Waals surface area contributed by atoms with Gasteiger partial charge in [0.2, 0.25) is 0 Å². The molecule has 0 aliphatic heterocycles. The molecule has 0 radical (unpaired) electrons. The molecule has 2 nitrogen and oxygen atoms in total. The number of halogens is 1. The van der Waals surface area contributed by atoms with Gasteiger partial charge in [0.1, 0.15) is 5.82 Å². The largest absolute Gasteiger partial charge is 0.345 e. The minimum Gasteiger partial charge on any atom is -0.345 e. The van der Waals surface area contributed by atoms with E-state index in [1.165, 1.54) is 0 Å². The molecule has 1 aromatic carbocycles. The SMILES string of the molecule is Cc1ccc(-c2ncc[nH]2)cc1Cl. The molecule has 0 spiro atoms. The molecule has 13 heavy (non-hydrogen) atoms. The van der Waals surface area contributed by atoms with Crippen LogP contribution in [0.2, 0.25) is 5.02 Å². The summed E-state index contributed by atoms with van der Waals surface area (Å²) < 4.78 is 0. The van der Waals surface area contributed by atoms with Gasteiger partial charge in [-0.15, -0.1) is 0 Å². The van der Waals surface area contributed by atoms with E-state index in [-0.39, 0.29) is 0 Å². The Balaban J connectivity index is 2.49. The minimum atomic E-state index is 0.772. The van der Waals surface area contributed by atoms with E-state index >= 15 is 0 Å². The van der Waals surface area contributed by atoms with E-state index in [0.717, 1.165) is 22.0 Å². The van der Waals surface area contributed by atoms with Crippen LogP contribution in [-0.2, 0) is 0 Å². The summed E-state index contributed by atoms with van der Waals surface area (Å²) in [7, 11) is 0. The maximum absolute atomic E-state index is 5.99. The van der Waals surface area contributed by atoms with E-state index in [0.29, 0.717) is 0 Å². The van der Waals surface area contributed by atoms with Crippen molar-refractivity contribution in [2.75, 3.05) is 0 Å². The molecule has 1 N–H and O–H groups in total. The van der Waals surface area contributed by atoms with Crippen molar-refractivity contribution in [2.45, 2.75) is 6.92 Å². The molecule has 0 saturated carbocycles. The molecule has 0 saturated heterocycles. The van der Waals surface area contributed by atoms with E-state index < -0.39 is 0 Å². The number of nitrogens with one attached hydrogen (secondary N) is 1. The molecular formula is C10H9ClN2. The normalized spacial score (nSPS) is 10.3. The highest BCUT2D eigenvalue weighted by molar-refractivity contribution is 6.31. The Bertz CT molecular complexity index is 407. The standard InChI is InChI=1S/C10H9ClN2/c1-7-2-3-8(6-9(7)11)10-12-4-5-13-10/h2-6H,1H3,(H,12,13). The van der Waals surface area contributed by atoms with Crippen LogP contribution in [0.1, 0.15) is 5.56 Å². The molecule has 66 valence electrons. The number of benzene rings is 1. The zero-order valence-electron chi connectivity index (χ0n) is 7.21. The Morgan fingerprint density at radius 3 is 2.85 bits per heavy atom. The zero-order chi connectivity index (χ0) is 9.26. The number of hydrogen-bond donors (Lipinski definition) is 1. The second kappa shape index (κ2) is 3.23. The summed E-state index contributed by atoms with van der Waals surface area (Å²) in [5.41, 5.74) is 2.09. The van der Waals surface area contributed by atoms with Crippen molar-refractivity contribution in [1.29, 1.82) is 0 Å². The first kappa shape index (κ1) is 8.32. The van der Waals surface area contributed by atoms with Crippen molar-refractivity contribution in [1.82, 2.24) is 9.97 Å². The molecule has 0 aliphatic carbocycles. The Morgan fingerprint density at radius 2 is 2.23 bits per heavy atom. The molecule has 1 aromatic heterocycles. The van der Waals surface area contributed by atoms with Crippen LogP contribution >= 0.6 is 11.6 Å². The molecule has 0 bridgehead atoms. The van der Waals surface area contributed by atoms with E-state index in [9.17, 15) is 0 Å². The predicted octanol–water partition coefficient (Wildman–Crippen LogP) is 3.04. The van der Waals surface area contributed by atoms with Crippen molar-refractivity contribution < 1.29 is 0 Å². The van der Waals surface area contributed by atoms with Crippen LogP contribution in [0, 0.1) is 6.92 Å². The minimum absolute atomic E-state index is 0.772. The van der Waals surface area contributed by atoms with Gasteiger partial charge in [-0.3, -0.25) is 0 Å². The van der Waals surface area contributed by atoms with E-state index in [1.807, 2.05) is 25.1 Å². The molecule has 0 amide bonds. The molecule has 0 aliphatic rings. The number of rotatable bonds is 1. The highest BCUT2D eigenvalue weighted by Crippen LogP contribution is 2.22. The van der Waals surface area contributed by atoms with Crippen LogP contribution < -0.4 is 0 Å². The third-order valence-electron chi connectivity index (χ3n) is 1.94. The topological polar surface area (TPSA) is 28.7 Å². The van der Waals surface area contributed by atoms with E-state index in [2.05, 4.69) is 9.97 Å². The summed E-state index contributed by atoms with van der Waals surface area (Å²) >= 11 is 5.99. The molecule has 0 fully saturated rings. The molecule has 0 atom stereocenters. The number of imidazole rings is 1. The lowest BCUT2D eigenvalue weighted by Crippen LogP contribution is -1.81. The molecule has 1 heterocycles. The summed E-state index contributed by atoms with van der Waals surface area (Å²) in [6.07, 6.45) is 3.52. The summed E-state index contributed by atoms with van der Waals surface area (Å²) in [5.74, 6) is 0.849. The quantitative estimate of drug-likeness (QED) is 0.739. The van der Waals surface area contributed by atoms with Crippen molar-refractivity contribution in [2.24, 2.45) is 0 Å². The third kappa shape index (κ3) is 1.58. The average molecular weight is 193 g/mol. The lowest BCUT2D eigenvalue weighted by atomic mass is 10.1. The zero-order valence-corrected chi connectivity index (χ0v) is 7.97. The lowest BCUT2D eigenvalue weighted by molar-refractivity contribution is 1.30. The highest BCUT2D eigenvalue weighted by atomic mass is 35.5. The summed E-state index contributed by atoms with van der Waals surface area (Å²) in [6, 6.07) is 5.90. The van der Waals surface area contributed by atoms with Crippen LogP contribution in [0.3, 0.4) is 0 Å². The van der Waals surface area contributed by atoms with Gasteiger partial charge < -0.3 is 4.98 Å². The maximum atomic E-state index is 5.99. The fourth-order valence-electron chi connectivity index (χ4n) is 1.16. The van der Waals surface area contributed by atoms with Gasteiger partial charge >= 0.3 is 0 Å². The highest BCUT2D eigenvalue weighted by Gasteiger charge is 2.01. The van der Waals surface area contributed by atoms with Gasteiger partial charge in [-0.1, -0.05) is 23.7 Å². The average Bonchev–Trinajstić information content (AvgIpc) is 2.62. The number of H-pyrrole nitrogens is 1. The summed E-state index contributed by atoms with van der Waals surface area (Å²) in [6.45, 7) is 1.98. The van der Waals surface area contributed by atoms with Crippen LogP contribution in [-0.4, -0.2) is 9.97 Å². The Kier molecular flexibility index (Phi) is 2.07. The Morgan fingerprint density at radius 1 is 1.38 bits per heavy atom. The second-order valence-electron chi connectivity index (χ2n) is 2.90. The first-order chi connectivity index (χ1) is 6.27. The van der Waals surface area contributed by atoms with Crippen molar-refractivity contribution in [3.63, 3.8) is 0 Å². The first-order valence-electron chi connectivity index (χ1n) is 4.03. The van der Waals surface area contributed by atoms with Gasteiger partial charge in [0, 0.05) is 23.0 Å². The second-order valence-corrected chi connectivity index (χ2v) is 3.31. The van der Waals surface area contributed by atoms with Gasteiger partial charge in [-0.25, -0.2) is 4.98 Å². The molecular weight excluding hydrogens is 184 g/mol. The monoisotopic (exact) mass is 192 g/mol. The number of aromatic nitrogens is 2. The first-order valence-corrected chi connectivity index (χ1v) is 4.41. The number of aromatic amines is 1. The Labute approximate surface area is 81.6 Å². The van der Waals surface area contributed by atoms with Gasteiger partial charge in [0.05, 0.1) is 0 Å². The third-order valence-corrected chi connectivity index (χ3v) is 2.35. The molecule has 2 aromatic rings. The maximum Gasteiger partial charge on any atom is 0.137 e. The predicted molar refractivity (Wildman–Crippen MR) is 53.8 cm³/mol.